The van der Waals surface area contributed by atoms with Crippen molar-refractivity contribution in [2.45, 2.75) is 46.1 Å². The first-order valence-corrected chi connectivity index (χ1v) is 11.1. The predicted molar refractivity (Wildman–Crippen MR) is 119 cm³/mol. The van der Waals surface area contributed by atoms with Crippen molar-refractivity contribution in [1.29, 1.82) is 0 Å². The summed E-state index contributed by atoms with van der Waals surface area (Å²) < 4.78 is 5.11. The maximum atomic E-state index is 12.8. The molecule has 7 heteroatoms. The zero-order chi connectivity index (χ0) is 21.4. The first kappa shape index (κ1) is 20.7. The second-order valence-electron chi connectivity index (χ2n) is 8.17. The highest BCUT2D eigenvalue weighted by Gasteiger charge is 2.41. The van der Waals surface area contributed by atoms with E-state index in [1.165, 1.54) is 31.7 Å². The van der Waals surface area contributed by atoms with Crippen LogP contribution in [0.25, 0.3) is 0 Å². The zero-order valence-corrected chi connectivity index (χ0v) is 18.6. The van der Waals surface area contributed by atoms with Gasteiger partial charge in [0.2, 0.25) is 5.91 Å². The van der Waals surface area contributed by atoms with E-state index in [2.05, 4.69) is 22.4 Å². The van der Waals surface area contributed by atoms with E-state index >= 15 is 0 Å². The summed E-state index contributed by atoms with van der Waals surface area (Å²) >= 11 is 1.49. The van der Waals surface area contributed by atoms with Gasteiger partial charge in [-0.1, -0.05) is 35.5 Å². The second kappa shape index (κ2) is 8.30. The molecule has 1 saturated carbocycles. The van der Waals surface area contributed by atoms with Crippen LogP contribution in [0.4, 0.5) is 0 Å². The minimum absolute atomic E-state index is 0.000251. The van der Waals surface area contributed by atoms with Gasteiger partial charge < -0.3 is 15.0 Å². The van der Waals surface area contributed by atoms with Gasteiger partial charge in [-0.2, -0.15) is 0 Å². The van der Waals surface area contributed by atoms with Crippen LogP contribution in [-0.4, -0.2) is 35.6 Å². The minimum atomic E-state index is -0.394. The number of aliphatic imine (C=N–C) groups is 1. The fourth-order valence-electron chi connectivity index (χ4n) is 3.97. The Hall–Kier alpha value is -2.54. The molecular formula is C23H27N3O3S. The number of ether oxygens (including phenoxy) is 1. The van der Waals surface area contributed by atoms with Crippen molar-refractivity contribution in [3.8, 4) is 0 Å². The molecule has 0 bridgehead atoms. The molecule has 1 fully saturated rings. The Morgan fingerprint density at radius 2 is 2.03 bits per heavy atom. The van der Waals surface area contributed by atoms with Crippen LogP contribution in [0.5, 0.6) is 0 Å². The molecule has 4 rings (SSSR count). The number of methoxy groups -OCH3 is 1. The highest BCUT2D eigenvalue weighted by molar-refractivity contribution is 8.16. The van der Waals surface area contributed by atoms with Crippen molar-refractivity contribution in [2.24, 2.45) is 10.9 Å². The minimum Gasteiger partial charge on any atom is -0.466 e. The van der Waals surface area contributed by atoms with Crippen LogP contribution >= 0.6 is 11.8 Å². The summed E-state index contributed by atoms with van der Waals surface area (Å²) in [6.45, 7) is 6.68. The standard InChI is InChI=1S/C23H27N3O3S/c1-13-5-8-18(14(2)9-13)21-20(22(28)29-4)15(3)25-23-26(21)17(12-30-23)10-19(27)24-11-16-6-7-16/h5,8-9,12,16,21H,6-7,10-11H2,1-4H3,(H,24,27). The number of amides is 1. The lowest BCUT2D eigenvalue weighted by molar-refractivity contribution is -0.136. The van der Waals surface area contributed by atoms with Gasteiger partial charge in [-0.05, 0) is 56.1 Å². The molecule has 0 saturated heterocycles. The number of esters is 1. The Labute approximate surface area is 181 Å². The van der Waals surface area contributed by atoms with Gasteiger partial charge in [0.1, 0.15) is 0 Å². The van der Waals surface area contributed by atoms with Crippen molar-refractivity contribution in [3.63, 3.8) is 0 Å². The Bertz CT molecular complexity index is 991. The third-order valence-corrected chi connectivity index (χ3v) is 6.64. The molecular weight excluding hydrogens is 398 g/mol. The summed E-state index contributed by atoms with van der Waals surface area (Å²) in [7, 11) is 1.39. The van der Waals surface area contributed by atoms with Crippen molar-refractivity contribution in [3.05, 3.63) is 57.3 Å². The molecule has 0 radical (unpaired) electrons. The van der Waals surface area contributed by atoms with Crippen LogP contribution in [0.3, 0.4) is 0 Å². The number of nitrogens with zero attached hydrogens (tertiary/aromatic N) is 2. The van der Waals surface area contributed by atoms with E-state index in [1.54, 1.807) is 0 Å². The number of amidine groups is 1. The molecule has 3 aliphatic rings. The lowest BCUT2D eigenvalue weighted by atomic mass is 9.90. The number of carbonyl (C=O) groups is 2. The number of benzene rings is 1. The predicted octanol–water partition coefficient (Wildman–Crippen LogP) is 3.97. The quantitative estimate of drug-likeness (QED) is 0.699. The number of carbonyl (C=O) groups excluding carboxylic acids is 2. The van der Waals surface area contributed by atoms with E-state index in [4.69, 9.17) is 4.74 Å². The molecule has 1 unspecified atom stereocenters. The number of allylic oxidation sites excluding steroid dienone is 1. The van der Waals surface area contributed by atoms with Gasteiger partial charge >= 0.3 is 5.97 Å². The molecule has 158 valence electrons. The second-order valence-corrected chi connectivity index (χ2v) is 9.01. The Morgan fingerprint density at radius 3 is 2.70 bits per heavy atom. The van der Waals surface area contributed by atoms with E-state index in [1.807, 2.05) is 37.1 Å². The third kappa shape index (κ3) is 4.03. The van der Waals surface area contributed by atoms with Gasteiger partial charge in [-0.25, -0.2) is 9.79 Å². The Balaban J connectivity index is 1.69. The van der Waals surface area contributed by atoms with E-state index in [0.29, 0.717) is 17.2 Å². The molecule has 1 aliphatic carbocycles. The summed E-state index contributed by atoms with van der Waals surface area (Å²) in [4.78, 5) is 32.0. The van der Waals surface area contributed by atoms with Gasteiger partial charge in [-0.3, -0.25) is 4.79 Å². The number of nitrogens with one attached hydrogen (secondary N) is 1. The molecule has 1 aromatic carbocycles. The van der Waals surface area contributed by atoms with Crippen molar-refractivity contribution < 1.29 is 14.3 Å². The molecule has 2 heterocycles. The molecule has 1 atom stereocenters. The van der Waals surface area contributed by atoms with Crippen LogP contribution in [-0.2, 0) is 14.3 Å². The number of aryl methyl sites for hydroxylation is 2. The van der Waals surface area contributed by atoms with E-state index in [-0.39, 0.29) is 18.4 Å². The van der Waals surface area contributed by atoms with Gasteiger partial charge in [0, 0.05) is 12.2 Å². The smallest absolute Gasteiger partial charge is 0.338 e. The summed E-state index contributed by atoms with van der Waals surface area (Å²) in [5.74, 6) is 0.238. The molecule has 30 heavy (non-hydrogen) atoms. The zero-order valence-electron chi connectivity index (χ0n) is 17.8. The lowest BCUT2D eigenvalue weighted by Crippen LogP contribution is -2.38. The van der Waals surface area contributed by atoms with Crippen LogP contribution in [0, 0.1) is 19.8 Å². The summed E-state index contributed by atoms with van der Waals surface area (Å²) in [6.07, 6.45) is 2.65. The number of hydrogen-bond donors (Lipinski definition) is 1. The highest BCUT2D eigenvalue weighted by Crippen LogP contribution is 2.45. The lowest BCUT2D eigenvalue weighted by Gasteiger charge is -2.37. The SMILES string of the molecule is COC(=O)C1=C(C)N=C2SC=C(CC(=O)NCC3CC3)N2C1c1ccc(C)cc1C. The molecule has 1 N–H and O–H groups in total. The first-order valence-electron chi connectivity index (χ1n) is 10.3. The highest BCUT2D eigenvalue weighted by atomic mass is 32.2. The fourth-order valence-corrected chi connectivity index (χ4v) is 4.94. The Kier molecular flexibility index (Phi) is 5.73. The molecule has 6 nitrogen and oxygen atoms in total. The molecule has 0 aromatic heterocycles. The first-order chi connectivity index (χ1) is 14.4. The third-order valence-electron chi connectivity index (χ3n) is 5.75. The van der Waals surface area contributed by atoms with Crippen LogP contribution in [0.2, 0.25) is 0 Å². The monoisotopic (exact) mass is 425 g/mol. The maximum absolute atomic E-state index is 12.8. The van der Waals surface area contributed by atoms with Crippen molar-refractivity contribution in [2.75, 3.05) is 13.7 Å². The Morgan fingerprint density at radius 1 is 1.27 bits per heavy atom. The molecule has 0 spiro atoms. The summed E-state index contributed by atoms with van der Waals surface area (Å²) in [5, 5.41) is 5.79. The number of fused-ring (bicyclic) bond motifs is 1. The number of rotatable bonds is 6. The molecule has 1 amide bonds. The van der Waals surface area contributed by atoms with Gasteiger partial charge in [0.25, 0.3) is 0 Å². The average Bonchev–Trinajstić information content (AvgIpc) is 3.46. The van der Waals surface area contributed by atoms with Crippen molar-refractivity contribution in [1.82, 2.24) is 10.2 Å². The number of hydrogen-bond acceptors (Lipinski definition) is 6. The van der Waals surface area contributed by atoms with Gasteiger partial charge in [-0.15, -0.1) is 0 Å². The molecule has 1 aromatic rings. The normalized spacial score (nSPS) is 20.5. The average molecular weight is 426 g/mol. The van der Waals surface area contributed by atoms with E-state index in [0.717, 1.165) is 34.1 Å². The summed E-state index contributed by atoms with van der Waals surface area (Å²) in [6, 6.07) is 5.85. The molecule has 2 aliphatic heterocycles. The van der Waals surface area contributed by atoms with Crippen LogP contribution in [0.15, 0.2) is 45.6 Å². The van der Waals surface area contributed by atoms with Crippen LogP contribution in [0.1, 0.15) is 48.9 Å². The van der Waals surface area contributed by atoms with Gasteiger partial charge in [0.05, 0.1) is 30.8 Å². The maximum Gasteiger partial charge on any atom is 0.338 e. The van der Waals surface area contributed by atoms with Gasteiger partial charge in [0.15, 0.2) is 5.17 Å². The van der Waals surface area contributed by atoms with Crippen molar-refractivity contribution >= 4 is 28.8 Å². The summed E-state index contributed by atoms with van der Waals surface area (Å²) in [5.41, 5.74) is 5.28. The largest absolute Gasteiger partial charge is 0.466 e. The number of thioether (sulfide) groups is 1. The van der Waals surface area contributed by atoms with Crippen LogP contribution < -0.4 is 5.32 Å². The van der Waals surface area contributed by atoms with E-state index < -0.39 is 5.97 Å². The topological polar surface area (TPSA) is 71.0 Å². The van der Waals surface area contributed by atoms with E-state index in [9.17, 15) is 9.59 Å². The fraction of sp³-hybridized carbons (Fsp3) is 0.435.